The highest BCUT2D eigenvalue weighted by molar-refractivity contribution is 7.89. The fourth-order valence-corrected chi connectivity index (χ4v) is 2.46. The summed E-state index contributed by atoms with van der Waals surface area (Å²) in [6, 6.07) is 6.94. The Morgan fingerprint density at radius 1 is 1.23 bits per heavy atom. The molecule has 1 heterocycles. The minimum atomic E-state index is -3.29. The summed E-state index contributed by atoms with van der Waals surface area (Å²) in [5.41, 5.74) is 0.743. The first-order chi connectivity index (χ1) is 6.20. The van der Waals surface area contributed by atoms with Crippen molar-refractivity contribution in [3.05, 3.63) is 35.9 Å². The highest BCUT2D eigenvalue weighted by Crippen LogP contribution is 2.18. The van der Waals surface area contributed by atoms with E-state index in [0.29, 0.717) is 11.4 Å². The predicted molar refractivity (Wildman–Crippen MR) is 50.7 cm³/mol. The number of fused-ring (bicyclic) bond motifs is 1. The number of rotatable bonds is 0. The summed E-state index contributed by atoms with van der Waals surface area (Å²) >= 11 is 0. The minimum absolute atomic E-state index is 0.351. The summed E-state index contributed by atoms with van der Waals surface area (Å²) < 4.78 is 25.5. The maximum Gasteiger partial charge on any atom is 0.241 e. The average Bonchev–Trinajstić information content (AvgIpc) is 2.26. The van der Waals surface area contributed by atoms with Crippen LogP contribution in [0.3, 0.4) is 0 Å². The summed E-state index contributed by atoms with van der Waals surface area (Å²) in [5.74, 6) is 0. The molecule has 4 heteroatoms. The van der Waals surface area contributed by atoms with Crippen molar-refractivity contribution in [3.63, 3.8) is 0 Å². The molecule has 1 aliphatic rings. The molecule has 1 aliphatic heterocycles. The molecule has 0 atom stereocenters. The van der Waals surface area contributed by atoms with Crippen LogP contribution >= 0.6 is 0 Å². The Bertz CT molecular complexity index is 448. The van der Waals surface area contributed by atoms with Crippen LogP contribution in [0.15, 0.2) is 35.2 Å². The highest BCUT2D eigenvalue weighted by Gasteiger charge is 2.17. The van der Waals surface area contributed by atoms with Crippen molar-refractivity contribution in [1.82, 2.24) is 4.72 Å². The van der Waals surface area contributed by atoms with Crippen LogP contribution in [0, 0.1) is 0 Å². The van der Waals surface area contributed by atoms with Gasteiger partial charge in [-0.15, -0.1) is 0 Å². The van der Waals surface area contributed by atoms with Gasteiger partial charge in [0.05, 0.1) is 4.90 Å². The van der Waals surface area contributed by atoms with Crippen molar-refractivity contribution >= 4 is 16.1 Å². The third-order valence-corrected chi connectivity index (χ3v) is 3.39. The van der Waals surface area contributed by atoms with Gasteiger partial charge in [-0.1, -0.05) is 30.4 Å². The molecule has 1 N–H and O–H groups in total. The van der Waals surface area contributed by atoms with Gasteiger partial charge in [0, 0.05) is 6.54 Å². The third-order valence-electron chi connectivity index (χ3n) is 1.90. The second kappa shape index (κ2) is 2.97. The smallest absolute Gasteiger partial charge is 0.207 e. The minimum Gasteiger partial charge on any atom is -0.207 e. The van der Waals surface area contributed by atoms with Crippen molar-refractivity contribution in [1.29, 1.82) is 0 Å². The van der Waals surface area contributed by atoms with Gasteiger partial charge in [0.15, 0.2) is 0 Å². The average molecular weight is 195 g/mol. The Kier molecular flexibility index (Phi) is 1.94. The van der Waals surface area contributed by atoms with Crippen LogP contribution < -0.4 is 4.72 Å². The van der Waals surface area contributed by atoms with Crippen LogP contribution in [0.1, 0.15) is 5.56 Å². The molecule has 0 spiro atoms. The number of hydrogen-bond acceptors (Lipinski definition) is 2. The van der Waals surface area contributed by atoms with Gasteiger partial charge in [-0.05, 0) is 11.6 Å². The predicted octanol–water partition coefficient (Wildman–Crippen LogP) is 0.992. The second-order valence-corrected chi connectivity index (χ2v) is 4.53. The van der Waals surface area contributed by atoms with E-state index in [0.717, 1.165) is 5.56 Å². The third kappa shape index (κ3) is 1.50. The molecule has 3 nitrogen and oxygen atoms in total. The van der Waals surface area contributed by atoms with Crippen LogP contribution in [0.2, 0.25) is 0 Å². The molecule has 13 heavy (non-hydrogen) atoms. The molecule has 0 radical (unpaired) electrons. The van der Waals surface area contributed by atoms with Gasteiger partial charge in [0.1, 0.15) is 0 Å². The maximum atomic E-state index is 11.5. The zero-order valence-electron chi connectivity index (χ0n) is 6.90. The first-order valence-electron chi connectivity index (χ1n) is 3.95. The molecule has 0 amide bonds. The maximum absolute atomic E-state index is 11.5. The van der Waals surface area contributed by atoms with Gasteiger partial charge in [-0.3, -0.25) is 0 Å². The lowest BCUT2D eigenvalue weighted by Crippen LogP contribution is -2.22. The van der Waals surface area contributed by atoms with Crippen LogP contribution in [0.5, 0.6) is 0 Å². The van der Waals surface area contributed by atoms with E-state index in [1.54, 1.807) is 24.3 Å². The van der Waals surface area contributed by atoms with Gasteiger partial charge >= 0.3 is 0 Å². The summed E-state index contributed by atoms with van der Waals surface area (Å²) in [5, 5.41) is 0. The molecular formula is C9H9NO2S. The SMILES string of the molecule is O=S1(=O)NCC=Cc2ccccc21. The van der Waals surface area contributed by atoms with Gasteiger partial charge in [-0.25, -0.2) is 13.1 Å². The molecular weight excluding hydrogens is 186 g/mol. The van der Waals surface area contributed by atoms with Crippen molar-refractivity contribution < 1.29 is 8.42 Å². The second-order valence-electron chi connectivity index (χ2n) is 2.79. The van der Waals surface area contributed by atoms with Crippen LogP contribution in [0.25, 0.3) is 6.08 Å². The van der Waals surface area contributed by atoms with Gasteiger partial charge in [-0.2, -0.15) is 0 Å². The molecule has 68 valence electrons. The largest absolute Gasteiger partial charge is 0.241 e. The van der Waals surface area contributed by atoms with E-state index in [9.17, 15) is 8.42 Å². The standard InChI is InChI=1S/C9H9NO2S/c11-13(12)9-6-2-1-4-8(9)5-3-7-10-13/h1-6,10H,7H2. The molecule has 0 fully saturated rings. The lowest BCUT2D eigenvalue weighted by Gasteiger charge is -2.03. The quantitative estimate of drug-likeness (QED) is 0.671. The molecule has 0 unspecified atom stereocenters. The van der Waals surface area contributed by atoms with Crippen molar-refractivity contribution in [2.75, 3.05) is 6.54 Å². The van der Waals surface area contributed by atoms with Crippen molar-refractivity contribution in [2.45, 2.75) is 4.90 Å². The molecule has 0 bridgehead atoms. The summed E-state index contributed by atoms with van der Waals surface area (Å²) in [4.78, 5) is 0.351. The van der Waals surface area contributed by atoms with E-state index in [4.69, 9.17) is 0 Å². The summed E-state index contributed by atoms with van der Waals surface area (Å²) in [7, 11) is -3.29. The summed E-state index contributed by atoms with van der Waals surface area (Å²) in [6.07, 6.45) is 3.61. The molecule has 0 aliphatic carbocycles. The topological polar surface area (TPSA) is 46.2 Å². The van der Waals surface area contributed by atoms with E-state index in [1.807, 2.05) is 12.1 Å². The highest BCUT2D eigenvalue weighted by atomic mass is 32.2. The number of nitrogens with one attached hydrogen (secondary N) is 1. The Morgan fingerprint density at radius 2 is 2.00 bits per heavy atom. The molecule has 0 saturated carbocycles. The fourth-order valence-electron chi connectivity index (χ4n) is 1.28. The lowest BCUT2D eigenvalue weighted by atomic mass is 10.2. The number of benzene rings is 1. The Labute approximate surface area is 77.1 Å². The monoisotopic (exact) mass is 195 g/mol. The summed E-state index contributed by atoms with van der Waals surface area (Å²) in [6.45, 7) is 0.358. The molecule has 0 aromatic heterocycles. The van der Waals surface area contributed by atoms with Crippen LogP contribution in [-0.2, 0) is 10.0 Å². The molecule has 1 aromatic carbocycles. The van der Waals surface area contributed by atoms with Crippen molar-refractivity contribution in [2.24, 2.45) is 0 Å². The Morgan fingerprint density at radius 3 is 2.85 bits per heavy atom. The Balaban J connectivity index is 2.70. The zero-order chi connectivity index (χ0) is 9.31. The van der Waals surface area contributed by atoms with E-state index in [2.05, 4.69) is 4.72 Å². The number of hydrogen-bond donors (Lipinski definition) is 1. The first kappa shape index (κ1) is 8.47. The normalized spacial score (nSPS) is 19.1. The fraction of sp³-hybridized carbons (Fsp3) is 0.111. The van der Waals surface area contributed by atoms with E-state index in [1.165, 1.54) is 0 Å². The van der Waals surface area contributed by atoms with Crippen molar-refractivity contribution in [3.8, 4) is 0 Å². The molecule has 2 rings (SSSR count). The Hall–Kier alpha value is -1.13. The molecule has 1 aromatic rings. The van der Waals surface area contributed by atoms with Gasteiger partial charge in [0.25, 0.3) is 0 Å². The van der Waals surface area contributed by atoms with E-state index >= 15 is 0 Å². The number of sulfonamides is 1. The zero-order valence-corrected chi connectivity index (χ0v) is 7.71. The van der Waals surface area contributed by atoms with E-state index < -0.39 is 10.0 Å². The van der Waals surface area contributed by atoms with E-state index in [-0.39, 0.29) is 0 Å². The van der Waals surface area contributed by atoms with Gasteiger partial charge < -0.3 is 0 Å². The lowest BCUT2D eigenvalue weighted by molar-refractivity contribution is 0.586. The van der Waals surface area contributed by atoms with Gasteiger partial charge in [0.2, 0.25) is 10.0 Å². The first-order valence-corrected chi connectivity index (χ1v) is 5.44. The molecule has 0 saturated heterocycles. The van der Waals surface area contributed by atoms with Crippen LogP contribution in [0.4, 0.5) is 0 Å². The van der Waals surface area contributed by atoms with Crippen LogP contribution in [-0.4, -0.2) is 15.0 Å².